The molecule has 1 saturated heterocycles. The van der Waals surface area contributed by atoms with Gasteiger partial charge in [-0.3, -0.25) is 10.2 Å². The van der Waals surface area contributed by atoms with Gasteiger partial charge in [-0.15, -0.1) is 0 Å². The Bertz CT molecular complexity index is 498. The number of carbonyl (C=O) groups excluding carboxylic acids is 1. The van der Waals surface area contributed by atoms with Gasteiger partial charge in [0.2, 0.25) is 5.91 Å². The number of carbonyl (C=O) groups is 1. The number of hydrazine groups is 1. The van der Waals surface area contributed by atoms with Gasteiger partial charge in [0.1, 0.15) is 6.04 Å². The van der Waals surface area contributed by atoms with Crippen LogP contribution in [-0.4, -0.2) is 18.0 Å². The maximum atomic E-state index is 12.3. The van der Waals surface area contributed by atoms with Crippen LogP contribution in [-0.2, 0) is 4.79 Å². The molecule has 2 aliphatic rings. The molecule has 3 N–H and O–H groups in total. The molecular weight excluding hydrogens is 250 g/mol. The summed E-state index contributed by atoms with van der Waals surface area (Å²) in [6.45, 7) is 4.12. The average molecular weight is 273 g/mol. The van der Waals surface area contributed by atoms with E-state index in [0.29, 0.717) is 6.04 Å². The molecule has 20 heavy (non-hydrogen) atoms. The molecule has 0 radical (unpaired) electrons. The molecule has 1 amide bonds. The SMILES string of the molecule is Cc1ccccc1C(C)NC(=O)C1CC(C2CC2)NN1. The van der Waals surface area contributed by atoms with Crippen LogP contribution in [0.4, 0.5) is 0 Å². The zero-order valence-electron chi connectivity index (χ0n) is 12.1. The Kier molecular flexibility index (Phi) is 3.76. The lowest BCUT2D eigenvalue weighted by Gasteiger charge is -2.19. The number of benzene rings is 1. The van der Waals surface area contributed by atoms with Gasteiger partial charge in [-0.05, 0) is 50.2 Å². The molecule has 4 heteroatoms. The van der Waals surface area contributed by atoms with Crippen molar-refractivity contribution in [3.05, 3.63) is 35.4 Å². The van der Waals surface area contributed by atoms with E-state index in [1.807, 2.05) is 19.1 Å². The second kappa shape index (κ2) is 5.54. The van der Waals surface area contributed by atoms with Gasteiger partial charge >= 0.3 is 0 Å². The lowest BCUT2D eigenvalue weighted by molar-refractivity contribution is -0.123. The Labute approximate surface area is 120 Å². The first-order valence-electron chi connectivity index (χ1n) is 7.52. The van der Waals surface area contributed by atoms with E-state index in [1.165, 1.54) is 24.0 Å². The van der Waals surface area contributed by atoms with Crippen molar-refractivity contribution in [3.63, 3.8) is 0 Å². The van der Waals surface area contributed by atoms with Gasteiger partial charge in [-0.25, -0.2) is 5.43 Å². The minimum Gasteiger partial charge on any atom is -0.348 e. The summed E-state index contributed by atoms with van der Waals surface area (Å²) in [6.07, 6.45) is 3.50. The third-order valence-electron chi connectivity index (χ3n) is 4.45. The molecule has 1 aliphatic heterocycles. The largest absolute Gasteiger partial charge is 0.348 e. The van der Waals surface area contributed by atoms with Gasteiger partial charge in [-0.1, -0.05) is 24.3 Å². The highest BCUT2D eigenvalue weighted by molar-refractivity contribution is 5.82. The van der Waals surface area contributed by atoms with Crippen LogP contribution < -0.4 is 16.2 Å². The van der Waals surface area contributed by atoms with Crippen LogP contribution in [0.25, 0.3) is 0 Å². The normalized spacial score (nSPS) is 27.3. The first-order chi connectivity index (χ1) is 9.65. The van der Waals surface area contributed by atoms with Crippen LogP contribution in [0.5, 0.6) is 0 Å². The molecule has 0 spiro atoms. The fourth-order valence-corrected chi connectivity index (χ4v) is 3.03. The number of hydrogen-bond donors (Lipinski definition) is 3. The van der Waals surface area contributed by atoms with Crippen LogP contribution in [0.2, 0.25) is 0 Å². The van der Waals surface area contributed by atoms with Crippen LogP contribution in [0.3, 0.4) is 0 Å². The highest BCUT2D eigenvalue weighted by atomic mass is 16.2. The zero-order valence-corrected chi connectivity index (χ0v) is 12.1. The summed E-state index contributed by atoms with van der Waals surface area (Å²) in [6, 6.07) is 8.61. The van der Waals surface area contributed by atoms with Crippen LogP contribution in [0.15, 0.2) is 24.3 Å². The zero-order chi connectivity index (χ0) is 14.1. The highest BCUT2D eigenvalue weighted by Gasteiger charge is 2.38. The average Bonchev–Trinajstić information content (AvgIpc) is 3.16. The van der Waals surface area contributed by atoms with E-state index in [2.05, 4.69) is 35.2 Å². The third kappa shape index (κ3) is 2.86. The topological polar surface area (TPSA) is 53.2 Å². The van der Waals surface area contributed by atoms with Crippen molar-refractivity contribution >= 4 is 5.91 Å². The van der Waals surface area contributed by atoms with Crippen molar-refractivity contribution in [1.82, 2.24) is 16.2 Å². The molecule has 1 saturated carbocycles. The third-order valence-corrected chi connectivity index (χ3v) is 4.45. The van der Waals surface area contributed by atoms with Gasteiger partial charge in [-0.2, -0.15) is 0 Å². The lowest BCUT2D eigenvalue weighted by atomic mass is 10.0. The summed E-state index contributed by atoms with van der Waals surface area (Å²) in [7, 11) is 0. The first kappa shape index (κ1) is 13.6. The fourth-order valence-electron chi connectivity index (χ4n) is 3.03. The molecule has 1 heterocycles. The summed E-state index contributed by atoms with van der Waals surface area (Å²) >= 11 is 0. The Morgan fingerprint density at radius 2 is 2.05 bits per heavy atom. The predicted octanol–water partition coefficient (Wildman–Crippen LogP) is 1.82. The molecule has 4 nitrogen and oxygen atoms in total. The van der Waals surface area contributed by atoms with Crippen LogP contribution >= 0.6 is 0 Å². The van der Waals surface area contributed by atoms with Gasteiger partial charge in [0.25, 0.3) is 0 Å². The van der Waals surface area contributed by atoms with Gasteiger partial charge < -0.3 is 5.32 Å². The lowest BCUT2D eigenvalue weighted by Crippen LogP contribution is -2.44. The molecule has 0 bridgehead atoms. The number of rotatable bonds is 4. The molecule has 2 fully saturated rings. The van der Waals surface area contributed by atoms with E-state index in [9.17, 15) is 4.79 Å². The van der Waals surface area contributed by atoms with E-state index in [1.54, 1.807) is 0 Å². The maximum absolute atomic E-state index is 12.3. The second-order valence-corrected chi connectivity index (χ2v) is 6.11. The standard InChI is InChI=1S/C16H23N3O/c1-10-5-3-4-6-13(10)11(2)17-16(20)15-9-14(18-19-15)12-7-8-12/h3-6,11-12,14-15,18-19H,7-9H2,1-2H3,(H,17,20). The number of nitrogens with one attached hydrogen (secondary N) is 3. The van der Waals surface area contributed by atoms with Crippen molar-refractivity contribution < 1.29 is 4.79 Å². The molecule has 108 valence electrons. The predicted molar refractivity (Wildman–Crippen MR) is 78.9 cm³/mol. The van der Waals surface area contributed by atoms with E-state index in [4.69, 9.17) is 0 Å². The summed E-state index contributed by atoms with van der Waals surface area (Å²) in [5, 5.41) is 3.12. The van der Waals surface area contributed by atoms with Gasteiger partial charge in [0.15, 0.2) is 0 Å². The minimum atomic E-state index is -0.105. The van der Waals surface area contributed by atoms with Crippen molar-refractivity contribution in [3.8, 4) is 0 Å². The smallest absolute Gasteiger partial charge is 0.239 e. The van der Waals surface area contributed by atoms with Crippen LogP contribution in [0.1, 0.15) is 43.4 Å². The van der Waals surface area contributed by atoms with Crippen molar-refractivity contribution in [1.29, 1.82) is 0 Å². The summed E-state index contributed by atoms with van der Waals surface area (Å²) in [5.74, 6) is 0.866. The molecular formula is C16H23N3O. The van der Waals surface area contributed by atoms with E-state index in [-0.39, 0.29) is 18.0 Å². The molecule has 3 atom stereocenters. The quantitative estimate of drug-likeness (QED) is 0.784. The van der Waals surface area contributed by atoms with Crippen molar-refractivity contribution in [2.45, 2.75) is 51.2 Å². The highest BCUT2D eigenvalue weighted by Crippen LogP contribution is 2.35. The molecule has 1 aromatic rings. The van der Waals surface area contributed by atoms with E-state index in [0.717, 1.165) is 12.3 Å². The summed E-state index contributed by atoms with van der Waals surface area (Å²) < 4.78 is 0. The Balaban J connectivity index is 1.57. The molecule has 1 aromatic carbocycles. The second-order valence-electron chi connectivity index (χ2n) is 6.11. The monoisotopic (exact) mass is 273 g/mol. The van der Waals surface area contributed by atoms with Gasteiger partial charge in [0, 0.05) is 6.04 Å². The Morgan fingerprint density at radius 3 is 2.75 bits per heavy atom. The molecule has 1 aliphatic carbocycles. The number of hydrogen-bond acceptors (Lipinski definition) is 3. The first-order valence-corrected chi connectivity index (χ1v) is 7.52. The fraction of sp³-hybridized carbons (Fsp3) is 0.562. The Hall–Kier alpha value is -1.39. The maximum Gasteiger partial charge on any atom is 0.239 e. The van der Waals surface area contributed by atoms with Gasteiger partial charge in [0.05, 0.1) is 6.04 Å². The number of aryl methyl sites for hydroxylation is 1. The van der Waals surface area contributed by atoms with Crippen molar-refractivity contribution in [2.24, 2.45) is 5.92 Å². The Morgan fingerprint density at radius 1 is 1.30 bits per heavy atom. The van der Waals surface area contributed by atoms with Crippen molar-refractivity contribution in [2.75, 3.05) is 0 Å². The molecule has 0 aromatic heterocycles. The molecule has 3 rings (SSSR count). The van der Waals surface area contributed by atoms with E-state index < -0.39 is 0 Å². The number of amides is 1. The summed E-state index contributed by atoms with van der Waals surface area (Å²) in [4.78, 5) is 12.3. The summed E-state index contributed by atoms with van der Waals surface area (Å²) in [5.41, 5.74) is 8.80. The minimum absolute atomic E-state index is 0.0467. The van der Waals surface area contributed by atoms with E-state index >= 15 is 0 Å². The van der Waals surface area contributed by atoms with Crippen LogP contribution in [0, 0.1) is 12.8 Å². The molecule has 3 unspecified atom stereocenters.